The van der Waals surface area contributed by atoms with Crippen LogP contribution in [-0.2, 0) is 0 Å². The number of nitrogens with zero attached hydrogens (tertiary/aromatic N) is 1. The van der Waals surface area contributed by atoms with E-state index < -0.39 is 0 Å². The number of carbonyl (C=O) groups is 1. The van der Waals surface area contributed by atoms with E-state index in [1.807, 2.05) is 36.6 Å². The van der Waals surface area contributed by atoms with E-state index in [4.69, 9.17) is 0 Å². The molecule has 1 aromatic heterocycles. The Balaban J connectivity index is 2.54. The molecule has 0 aliphatic carbocycles. The standard InChI is InChI=1S/C14H13NO/c1-8-9(2)14(16)15-12-7-5-4-6-11(12)10(3)13(8)15/h4-7H,1-3H3. The van der Waals surface area contributed by atoms with Gasteiger partial charge in [0.25, 0.3) is 5.91 Å². The Labute approximate surface area is 94.2 Å². The van der Waals surface area contributed by atoms with Crippen LogP contribution in [0.4, 0.5) is 0 Å². The third-order valence-corrected chi connectivity index (χ3v) is 3.57. The lowest BCUT2D eigenvalue weighted by Crippen LogP contribution is -2.06. The Bertz CT molecular complexity index is 659. The Morgan fingerprint density at radius 1 is 1.00 bits per heavy atom. The molecule has 2 aromatic rings. The second kappa shape index (κ2) is 2.85. The first-order chi connectivity index (χ1) is 7.63. The van der Waals surface area contributed by atoms with Gasteiger partial charge in [-0.15, -0.1) is 0 Å². The summed E-state index contributed by atoms with van der Waals surface area (Å²) < 4.78 is 1.84. The van der Waals surface area contributed by atoms with E-state index in [0.29, 0.717) is 0 Å². The third-order valence-electron chi connectivity index (χ3n) is 3.57. The van der Waals surface area contributed by atoms with Crippen LogP contribution in [0.15, 0.2) is 29.8 Å². The van der Waals surface area contributed by atoms with Crippen molar-refractivity contribution >= 4 is 22.4 Å². The number of hydrogen-bond acceptors (Lipinski definition) is 1. The lowest BCUT2D eigenvalue weighted by Gasteiger charge is -1.98. The zero-order valence-corrected chi connectivity index (χ0v) is 9.66. The van der Waals surface area contributed by atoms with Crippen LogP contribution in [0.5, 0.6) is 0 Å². The molecule has 0 N–H and O–H groups in total. The molecule has 1 aliphatic rings. The highest BCUT2D eigenvalue weighted by Gasteiger charge is 2.28. The van der Waals surface area contributed by atoms with Gasteiger partial charge in [0.05, 0.1) is 11.2 Å². The second-order valence-electron chi connectivity index (χ2n) is 4.38. The summed E-state index contributed by atoms with van der Waals surface area (Å²) in [5.74, 6) is 0.122. The minimum absolute atomic E-state index is 0.122. The number of benzene rings is 1. The van der Waals surface area contributed by atoms with E-state index in [1.165, 1.54) is 10.9 Å². The van der Waals surface area contributed by atoms with E-state index in [2.05, 4.69) is 13.0 Å². The van der Waals surface area contributed by atoms with Crippen LogP contribution >= 0.6 is 0 Å². The number of para-hydroxylation sites is 1. The van der Waals surface area contributed by atoms with Gasteiger partial charge in [-0.05, 0) is 38.0 Å². The normalized spacial score (nSPS) is 15.1. The monoisotopic (exact) mass is 211 g/mol. The van der Waals surface area contributed by atoms with Crippen molar-refractivity contribution in [2.45, 2.75) is 20.8 Å². The SMILES string of the molecule is CC1=C(C)c2c(C)c3ccccc3n2C1=O. The summed E-state index contributed by atoms with van der Waals surface area (Å²) >= 11 is 0. The Hall–Kier alpha value is -1.83. The predicted octanol–water partition coefficient (Wildman–Crippen LogP) is 3.40. The fourth-order valence-corrected chi connectivity index (χ4v) is 2.57. The smallest absolute Gasteiger partial charge is 0.258 e. The van der Waals surface area contributed by atoms with Crippen molar-refractivity contribution in [3.63, 3.8) is 0 Å². The van der Waals surface area contributed by atoms with E-state index in [-0.39, 0.29) is 5.91 Å². The molecular formula is C14H13NO. The maximum Gasteiger partial charge on any atom is 0.258 e. The average Bonchev–Trinajstić information content (AvgIpc) is 2.71. The van der Waals surface area contributed by atoms with Crippen LogP contribution < -0.4 is 0 Å². The van der Waals surface area contributed by atoms with Gasteiger partial charge in [0, 0.05) is 11.0 Å². The number of allylic oxidation sites excluding steroid dienone is 2. The van der Waals surface area contributed by atoms with Gasteiger partial charge >= 0.3 is 0 Å². The topological polar surface area (TPSA) is 22.0 Å². The molecule has 1 aliphatic heterocycles. The van der Waals surface area contributed by atoms with Crippen molar-refractivity contribution in [3.8, 4) is 0 Å². The molecule has 0 spiro atoms. The lowest BCUT2D eigenvalue weighted by atomic mass is 10.1. The first-order valence-corrected chi connectivity index (χ1v) is 5.45. The maximum absolute atomic E-state index is 12.1. The lowest BCUT2D eigenvalue weighted by molar-refractivity contribution is 0.0966. The van der Waals surface area contributed by atoms with E-state index in [1.54, 1.807) is 0 Å². The fraction of sp³-hybridized carbons (Fsp3) is 0.214. The summed E-state index contributed by atoms with van der Waals surface area (Å²) in [6.07, 6.45) is 0. The molecule has 0 unspecified atom stereocenters. The van der Waals surface area contributed by atoms with Crippen molar-refractivity contribution in [2.75, 3.05) is 0 Å². The number of rotatable bonds is 0. The molecule has 16 heavy (non-hydrogen) atoms. The molecule has 0 radical (unpaired) electrons. The van der Waals surface area contributed by atoms with Crippen molar-refractivity contribution in [3.05, 3.63) is 41.1 Å². The minimum atomic E-state index is 0.122. The van der Waals surface area contributed by atoms with Gasteiger partial charge in [-0.3, -0.25) is 9.36 Å². The van der Waals surface area contributed by atoms with Gasteiger partial charge in [0.1, 0.15) is 0 Å². The third kappa shape index (κ3) is 0.896. The van der Waals surface area contributed by atoms with Crippen LogP contribution in [0, 0.1) is 6.92 Å². The van der Waals surface area contributed by atoms with E-state index >= 15 is 0 Å². The summed E-state index contributed by atoms with van der Waals surface area (Å²) in [5.41, 5.74) is 5.29. The van der Waals surface area contributed by atoms with Crippen LogP contribution in [0.2, 0.25) is 0 Å². The van der Waals surface area contributed by atoms with Gasteiger partial charge < -0.3 is 0 Å². The number of hydrogen-bond donors (Lipinski definition) is 0. The first kappa shape index (κ1) is 9.40. The number of fused-ring (bicyclic) bond motifs is 3. The maximum atomic E-state index is 12.1. The molecule has 2 nitrogen and oxygen atoms in total. The van der Waals surface area contributed by atoms with Crippen molar-refractivity contribution in [2.24, 2.45) is 0 Å². The zero-order chi connectivity index (χ0) is 11.4. The minimum Gasteiger partial charge on any atom is -0.276 e. The van der Waals surface area contributed by atoms with Gasteiger partial charge in [0.15, 0.2) is 0 Å². The second-order valence-corrected chi connectivity index (χ2v) is 4.38. The van der Waals surface area contributed by atoms with Gasteiger partial charge in [-0.2, -0.15) is 0 Å². The Morgan fingerprint density at radius 2 is 1.69 bits per heavy atom. The molecule has 0 saturated carbocycles. The summed E-state index contributed by atoms with van der Waals surface area (Å²) in [6, 6.07) is 8.08. The fourth-order valence-electron chi connectivity index (χ4n) is 2.57. The number of carbonyl (C=O) groups excluding carboxylic acids is 1. The van der Waals surface area contributed by atoms with Gasteiger partial charge in [-0.1, -0.05) is 18.2 Å². The van der Waals surface area contributed by atoms with Crippen LogP contribution in [0.3, 0.4) is 0 Å². The zero-order valence-electron chi connectivity index (χ0n) is 9.66. The molecule has 2 heterocycles. The number of aromatic nitrogens is 1. The molecule has 2 heteroatoms. The predicted molar refractivity (Wildman–Crippen MR) is 65.6 cm³/mol. The van der Waals surface area contributed by atoms with Crippen molar-refractivity contribution in [1.29, 1.82) is 0 Å². The van der Waals surface area contributed by atoms with Gasteiger partial charge in [-0.25, -0.2) is 0 Å². The van der Waals surface area contributed by atoms with Crippen LogP contribution in [0.25, 0.3) is 16.5 Å². The molecule has 0 amide bonds. The Kier molecular flexibility index (Phi) is 1.67. The van der Waals surface area contributed by atoms with Gasteiger partial charge in [0.2, 0.25) is 0 Å². The highest BCUT2D eigenvalue weighted by Crippen LogP contribution is 2.36. The molecule has 1 aromatic carbocycles. The van der Waals surface area contributed by atoms with Crippen molar-refractivity contribution in [1.82, 2.24) is 4.57 Å². The summed E-state index contributed by atoms with van der Waals surface area (Å²) in [7, 11) is 0. The highest BCUT2D eigenvalue weighted by atomic mass is 16.2. The van der Waals surface area contributed by atoms with Crippen LogP contribution in [0.1, 0.15) is 29.9 Å². The average molecular weight is 211 g/mol. The van der Waals surface area contributed by atoms with E-state index in [0.717, 1.165) is 22.4 Å². The molecule has 0 saturated heterocycles. The Morgan fingerprint density at radius 3 is 2.44 bits per heavy atom. The summed E-state index contributed by atoms with van der Waals surface area (Å²) in [6.45, 7) is 6.01. The largest absolute Gasteiger partial charge is 0.276 e. The van der Waals surface area contributed by atoms with Crippen LogP contribution in [-0.4, -0.2) is 10.5 Å². The molecular weight excluding hydrogens is 198 g/mol. The molecule has 3 rings (SSSR count). The highest BCUT2D eigenvalue weighted by molar-refractivity contribution is 6.14. The first-order valence-electron chi connectivity index (χ1n) is 5.45. The van der Waals surface area contributed by atoms with Crippen molar-refractivity contribution < 1.29 is 4.79 Å². The molecule has 0 atom stereocenters. The molecule has 80 valence electrons. The quantitative estimate of drug-likeness (QED) is 0.654. The van der Waals surface area contributed by atoms with E-state index in [9.17, 15) is 4.79 Å². The number of aryl methyl sites for hydroxylation is 1. The summed E-state index contributed by atoms with van der Waals surface area (Å²) in [4.78, 5) is 12.1. The molecule has 0 fully saturated rings. The molecule has 0 bridgehead atoms. The summed E-state index contributed by atoms with van der Waals surface area (Å²) in [5, 5.41) is 1.18.